The quantitative estimate of drug-likeness (QED) is 0.463. The van der Waals surface area contributed by atoms with Crippen LogP contribution in [0.25, 0.3) is 0 Å². The summed E-state index contributed by atoms with van der Waals surface area (Å²) >= 11 is 0. The molecule has 1 saturated heterocycles. The van der Waals surface area contributed by atoms with E-state index in [0.29, 0.717) is 13.0 Å². The number of hydrogen-bond acceptors (Lipinski definition) is 4. The Hall–Kier alpha value is -1.10. The normalized spacial score (nSPS) is 28.4. The summed E-state index contributed by atoms with van der Waals surface area (Å²) in [5.74, 6) is -2.10. The van der Waals surface area contributed by atoms with E-state index in [0.717, 1.165) is 7.11 Å². The Balaban J connectivity index is 2.86. The topological polar surface area (TPSA) is 72.8 Å². The van der Waals surface area contributed by atoms with Gasteiger partial charge in [0.2, 0.25) is 0 Å². The van der Waals surface area contributed by atoms with Crippen molar-refractivity contribution < 1.29 is 24.2 Å². The molecule has 1 heterocycles. The van der Waals surface area contributed by atoms with Crippen molar-refractivity contribution in [3.8, 4) is 0 Å². The molecular formula is C7H10O5. The molecule has 1 rings (SSSR count). The number of methoxy groups -OCH3 is 1. The molecule has 1 atom stereocenters. The van der Waals surface area contributed by atoms with E-state index >= 15 is 0 Å². The fourth-order valence-corrected chi connectivity index (χ4v) is 1.22. The summed E-state index contributed by atoms with van der Waals surface area (Å²) in [7, 11) is 1.15. The molecule has 1 N–H and O–H groups in total. The largest absolute Gasteiger partial charge is 0.479 e. The summed E-state index contributed by atoms with van der Waals surface area (Å²) in [5, 5.41) is 8.74. The molecule has 1 aliphatic heterocycles. The van der Waals surface area contributed by atoms with E-state index in [4.69, 9.17) is 9.84 Å². The minimum absolute atomic E-state index is 0.189. The van der Waals surface area contributed by atoms with Crippen molar-refractivity contribution in [1.29, 1.82) is 0 Å². The van der Waals surface area contributed by atoms with Crippen LogP contribution in [0.15, 0.2) is 0 Å². The van der Waals surface area contributed by atoms with Gasteiger partial charge in [-0.25, -0.2) is 9.59 Å². The van der Waals surface area contributed by atoms with E-state index in [1.54, 1.807) is 0 Å². The zero-order chi connectivity index (χ0) is 9.19. The maximum absolute atomic E-state index is 11.0. The average molecular weight is 174 g/mol. The smallest absolute Gasteiger partial charge is 0.350 e. The van der Waals surface area contributed by atoms with Crippen LogP contribution in [0, 0.1) is 0 Å². The van der Waals surface area contributed by atoms with Crippen molar-refractivity contribution in [2.24, 2.45) is 0 Å². The lowest BCUT2D eigenvalue weighted by atomic mass is 10.0. The number of esters is 1. The number of carboxylic acid groups (broad SMARTS) is 1. The number of hydrogen-bond donors (Lipinski definition) is 1. The van der Waals surface area contributed by atoms with Crippen LogP contribution in [0.2, 0.25) is 0 Å². The molecule has 0 aromatic heterocycles. The Labute approximate surface area is 69.3 Å². The van der Waals surface area contributed by atoms with Crippen LogP contribution < -0.4 is 0 Å². The van der Waals surface area contributed by atoms with Gasteiger partial charge >= 0.3 is 11.9 Å². The van der Waals surface area contributed by atoms with Gasteiger partial charge in [0.15, 0.2) is 0 Å². The van der Waals surface area contributed by atoms with Crippen molar-refractivity contribution in [1.82, 2.24) is 0 Å². The second kappa shape index (κ2) is 3.10. The number of aliphatic carboxylic acids is 1. The molecule has 1 fully saturated rings. The van der Waals surface area contributed by atoms with Gasteiger partial charge in [-0.3, -0.25) is 0 Å². The first-order valence-corrected chi connectivity index (χ1v) is 3.59. The molecule has 1 aliphatic rings. The van der Waals surface area contributed by atoms with Crippen LogP contribution in [-0.2, 0) is 19.1 Å². The first kappa shape index (κ1) is 8.99. The summed E-state index contributed by atoms with van der Waals surface area (Å²) in [4.78, 5) is 21.7. The first-order valence-electron chi connectivity index (χ1n) is 3.59. The summed E-state index contributed by atoms with van der Waals surface area (Å²) < 4.78 is 9.23. The third kappa shape index (κ3) is 1.16. The Morgan fingerprint density at radius 1 is 1.58 bits per heavy atom. The predicted molar refractivity (Wildman–Crippen MR) is 37.6 cm³/mol. The fourth-order valence-electron chi connectivity index (χ4n) is 1.22. The minimum Gasteiger partial charge on any atom is -0.479 e. The lowest BCUT2D eigenvalue weighted by Crippen LogP contribution is -2.46. The van der Waals surface area contributed by atoms with Crippen molar-refractivity contribution in [2.75, 3.05) is 13.7 Å². The standard InChI is InChI=1S/C7H10O5/c1-11-6(10)7(5(8)9)3-2-4-12-7/h2-4H2,1H3,(H,8,9). The molecule has 0 spiro atoms. The molecule has 5 heteroatoms. The van der Waals surface area contributed by atoms with Crippen LogP contribution in [0.4, 0.5) is 0 Å². The van der Waals surface area contributed by atoms with Crippen molar-refractivity contribution >= 4 is 11.9 Å². The molecule has 68 valence electrons. The zero-order valence-corrected chi connectivity index (χ0v) is 6.70. The van der Waals surface area contributed by atoms with Crippen LogP contribution in [0.3, 0.4) is 0 Å². The zero-order valence-electron chi connectivity index (χ0n) is 6.70. The van der Waals surface area contributed by atoms with Crippen molar-refractivity contribution in [3.63, 3.8) is 0 Å². The molecule has 0 radical (unpaired) electrons. The van der Waals surface area contributed by atoms with Crippen molar-refractivity contribution in [3.05, 3.63) is 0 Å². The molecule has 0 aliphatic carbocycles. The van der Waals surface area contributed by atoms with Crippen LogP contribution >= 0.6 is 0 Å². The van der Waals surface area contributed by atoms with Gasteiger partial charge in [-0.15, -0.1) is 0 Å². The number of carbonyl (C=O) groups excluding carboxylic acids is 1. The number of carboxylic acids is 1. The van der Waals surface area contributed by atoms with Gasteiger partial charge < -0.3 is 14.6 Å². The highest BCUT2D eigenvalue weighted by atomic mass is 16.6. The molecule has 5 nitrogen and oxygen atoms in total. The molecule has 12 heavy (non-hydrogen) atoms. The predicted octanol–water partition coefficient (Wildman–Crippen LogP) is -0.207. The molecule has 1 unspecified atom stereocenters. The minimum atomic E-state index is -1.74. The Morgan fingerprint density at radius 2 is 2.25 bits per heavy atom. The first-order chi connectivity index (χ1) is 5.63. The van der Waals surface area contributed by atoms with Crippen LogP contribution in [0.5, 0.6) is 0 Å². The second-order valence-electron chi connectivity index (χ2n) is 2.58. The van der Waals surface area contributed by atoms with E-state index in [9.17, 15) is 9.59 Å². The highest BCUT2D eigenvalue weighted by Gasteiger charge is 2.51. The average Bonchev–Trinajstić information content (AvgIpc) is 2.52. The maximum Gasteiger partial charge on any atom is 0.350 e. The number of ether oxygens (including phenoxy) is 2. The number of carbonyl (C=O) groups is 2. The van der Waals surface area contributed by atoms with Gasteiger partial charge in [0.1, 0.15) is 0 Å². The van der Waals surface area contributed by atoms with Gasteiger partial charge in [-0.2, -0.15) is 0 Å². The molecule has 0 bridgehead atoms. The summed E-state index contributed by atoms with van der Waals surface area (Å²) in [5.41, 5.74) is -1.74. The molecule has 0 amide bonds. The van der Waals surface area contributed by atoms with E-state index in [1.165, 1.54) is 0 Å². The Bertz CT molecular complexity index is 204. The van der Waals surface area contributed by atoms with Gasteiger partial charge in [0.05, 0.1) is 7.11 Å². The SMILES string of the molecule is COC(=O)C1(C(=O)O)CCCO1. The van der Waals surface area contributed by atoms with E-state index in [2.05, 4.69) is 4.74 Å². The monoisotopic (exact) mass is 174 g/mol. The highest BCUT2D eigenvalue weighted by molar-refractivity contribution is 6.03. The second-order valence-corrected chi connectivity index (χ2v) is 2.58. The Morgan fingerprint density at radius 3 is 2.58 bits per heavy atom. The lowest BCUT2D eigenvalue weighted by molar-refractivity contribution is -0.179. The molecule has 0 aromatic carbocycles. The maximum atomic E-state index is 11.0. The van der Waals surface area contributed by atoms with E-state index in [-0.39, 0.29) is 6.42 Å². The summed E-state index contributed by atoms with van der Waals surface area (Å²) in [6, 6.07) is 0. The summed E-state index contributed by atoms with van der Waals surface area (Å²) in [6.45, 7) is 0.293. The van der Waals surface area contributed by atoms with Gasteiger partial charge in [-0.05, 0) is 6.42 Å². The molecule has 0 aromatic rings. The lowest BCUT2D eigenvalue weighted by Gasteiger charge is -2.19. The Kier molecular flexibility index (Phi) is 2.32. The van der Waals surface area contributed by atoms with Crippen LogP contribution in [0.1, 0.15) is 12.8 Å². The van der Waals surface area contributed by atoms with E-state index < -0.39 is 17.5 Å². The molecular weight excluding hydrogens is 164 g/mol. The van der Waals surface area contributed by atoms with Crippen molar-refractivity contribution in [2.45, 2.75) is 18.4 Å². The third-order valence-corrected chi connectivity index (χ3v) is 1.88. The van der Waals surface area contributed by atoms with E-state index in [1.807, 2.05) is 0 Å². The number of rotatable bonds is 2. The van der Waals surface area contributed by atoms with Gasteiger partial charge in [0.25, 0.3) is 5.60 Å². The highest BCUT2D eigenvalue weighted by Crippen LogP contribution is 2.27. The summed E-state index contributed by atoms with van der Waals surface area (Å²) in [6.07, 6.45) is 0.760. The third-order valence-electron chi connectivity index (χ3n) is 1.88. The fraction of sp³-hybridized carbons (Fsp3) is 0.714. The molecule has 0 saturated carbocycles. The van der Waals surface area contributed by atoms with Gasteiger partial charge in [0, 0.05) is 13.0 Å². The van der Waals surface area contributed by atoms with Gasteiger partial charge in [-0.1, -0.05) is 0 Å². The van der Waals surface area contributed by atoms with Crippen LogP contribution in [-0.4, -0.2) is 36.4 Å².